The monoisotopic (exact) mass is 667 g/mol. The largest absolute Gasteiger partial charge is 0.462 e. The molecule has 4 aromatic rings. The third-order valence-corrected chi connectivity index (χ3v) is 7.03. The molecule has 17 heteroatoms. The van der Waals surface area contributed by atoms with Gasteiger partial charge in [0.25, 0.3) is 17.0 Å². The van der Waals surface area contributed by atoms with Gasteiger partial charge >= 0.3 is 23.9 Å². The van der Waals surface area contributed by atoms with Crippen LogP contribution in [-0.4, -0.2) is 81.9 Å². The molecule has 2 heterocycles. The number of benzene rings is 2. The van der Waals surface area contributed by atoms with E-state index in [0.29, 0.717) is 10.9 Å². The Bertz CT molecular complexity index is 1900. The number of hydrogen-bond acceptors (Lipinski definition) is 15. The van der Waals surface area contributed by atoms with Gasteiger partial charge in [-0.1, -0.05) is 42.1 Å². The van der Waals surface area contributed by atoms with Crippen LogP contribution >= 0.6 is 11.8 Å². The van der Waals surface area contributed by atoms with E-state index in [4.69, 9.17) is 23.4 Å². The number of hydrazone groups is 1. The second-order valence-corrected chi connectivity index (χ2v) is 10.7. The zero-order valence-corrected chi connectivity index (χ0v) is 26.3. The molecule has 0 bridgehead atoms. The Morgan fingerprint density at radius 1 is 0.936 bits per heavy atom. The summed E-state index contributed by atoms with van der Waals surface area (Å²) in [6.45, 7) is 3.79. The summed E-state index contributed by atoms with van der Waals surface area (Å²) in [4.78, 5) is 75.5. The number of aromatic nitrogens is 3. The zero-order valence-electron chi connectivity index (χ0n) is 25.5. The Hall–Kier alpha value is -5.58. The molecule has 2 aromatic carbocycles. The molecule has 0 spiro atoms. The summed E-state index contributed by atoms with van der Waals surface area (Å²) >= 11 is 0.861. The Labute approximate surface area is 270 Å². The fourth-order valence-electron chi connectivity index (χ4n) is 4.38. The average molecular weight is 668 g/mol. The highest BCUT2D eigenvalue weighted by molar-refractivity contribution is 7.99. The maximum atomic E-state index is 13.2. The van der Waals surface area contributed by atoms with E-state index >= 15 is 0 Å². The maximum Gasteiger partial charge on any atom is 0.303 e. The van der Waals surface area contributed by atoms with E-state index in [1.165, 1.54) is 6.20 Å². The number of fused-ring (bicyclic) bond motifs is 3. The minimum Gasteiger partial charge on any atom is -0.462 e. The molecule has 16 nitrogen and oxygen atoms in total. The third-order valence-electron chi connectivity index (χ3n) is 6.22. The Kier molecular flexibility index (Phi) is 11.4. The standard InChI is InChI=1S/C30H29N5O11S/c1-15(36)42-13-24(44-17(3)38)28(45-18(4)39)23(43-16(2)37)12-32-33-25(40)14-47-30-35-34-29(46-30)22-11-31-26-20-8-6-5-7-19(20)9-10-21(26)27(22)41/h5-12,23-24,28H,13-14H2,1-4H3,(H,31,41)(H,33,40)/b32-12+/t23-,24+,28+/m0/s1. The maximum absolute atomic E-state index is 13.2. The fraction of sp³-hybridized carbons (Fsp3) is 0.300. The molecule has 0 aliphatic carbocycles. The molecule has 2 aromatic heterocycles. The van der Waals surface area contributed by atoms with Crippen molar-refractivity contribution in [2.24, 2.45) is 5.10 Å². The van der Waals surface area contributed by atoms with Crippen molar-refractivity contribution in [2.45, 2.75) is 51.2 Å². The molecule has 2 N–H and O–H groups in total. The van der Waals surface area contributed by atoms with Gasteiger partial charge in [0, 0.05) is 44.7 Å². The van der Waals surface area contributed by atoms with Crippen molar-refractivity contribution in [3.8, 4) is 11.5 Å². The highest BCUT2D eigenvalue weighted by Gasteiger charge is 2.37. The van der Waals surface area contributed by atoms with Crippen molar-refractivity contribution in [2.75, 3.05) is 12.4 Å². The lowest BCUT2D eigenvalue weighted by Gasteiger charge is -2.29. The van der Waals surface area contributed by atoms with Gasteiger partial charge in [-0.25, -0.2) is 5.43 Å². The molecule has 1 amide bonds. The van der Waals surface area contributed by atoms with Crippen molar-refractivity contribution >= 4 is 69.4 Å². The van der Waals surface area contributed by atoms with Gasteiger partial charge in [-0.15, -0.1) is 10.2 Å². The molecule has 0 saturated carbocycles. The first-order valence-corrected chi connectivity index (χ1v) is 14.9. The van der Waals surface area contributed by atoms with Crippen molar-refractivity contribution in [3.05, 3.63) is 52.8 Å². The average Bonchev–Trinajstić information content (AvgIpc) is 3.49. The zero-order chi connectivity index (χ0) is 34.1. The van der Waals surface area contributed by atoms with Crippen LogP contribution in [0.4, 0.5) is 0 Å². The van der Waals surface area contributed by atoms with Crippen LogP contribution in [-0.2, 0) is 42.9 Å². The number of carbonyl (C=O) groups excluding carboxylic acids is 5. The first-order chi connectivity index (χ1) is 22.4. The van der Waals surface area contributed by atoms with Crippen LogP contribution in [0.5, 0.6) is 0 Å². The lowest BCUT2D eigenvalue weighted by atomic mass is 10.0. The van der Waals surface area contributed by atoms with Gasteiger partial charge in [0.1, 0.15) is 12.2 Å². The first kappa shape index (κ1) is 34.3. The van der Waals surface area contributed by atoms with Crippen LogP contribution in [0.2, 0.25) is 0 Å². The van der Waals surface area contributed by atoms with Gasteiger partial charge in [0.15, 0.2) is 18.3 Å². The lowest BCUT2D eigenvalue weighted by Crippen LogP contribution is -2.48. The van der Waals surface area contributed by atoms with Crippen molar-refractivity contribution < 1.29 is 47.3 Å². The summed E-state index contributed by atoms with van der Waals surface area (Å²) in [6, 6.07) is 11.2. The number of esters is 4. The number of aromatic amines is 1. The van der Waals surface area contributed by atoms with E-state index in [9.17, 15) is 28.8 Å². The molecule has 0 aliphatic rings. The number of H-pyrrole nitrogens is 1. The SMILES string of the molecule is CC(=O)OC[C@@H](OC(C)=O)[C@H](OC(C)=O)[C@H](/C=N/NC(=O)CSc1nnc(-c2c[nH]c3c(ccc4ccccc43)c2=O)o1)OC(C)=O. The van der Waals surface area contributed by atoms with E-state index in [0.717, 1.165) is 56.4 Å². The first-order valence-electron chi connectivity index (χ1n) is 13.9. The van der Waals surface area contributed by atoms with E-state index in [1.807, 2.05) is 30.3 Å². The van der Waals surface area contributed by atoms with Gasteiger partial charge in [-0.05, 0) is 11.5 Å². The molecule has 0 fully saturated rings. The number of thioether (sulfide) groups is 1. The predicted molar refractivity (Wildman–Crippen MR) is 166 cm³/mol. The Morgan fingerprint density at radius 2 is 1.66 bits per heavy atom. The number of nitrogens with one attached hydrogen (secondary N) is 2. The Balaban J connectivity index is 1.43. The topological polar surface area (TPSA) is 218 Å². The van der Waals surface area contributed by atoms with Gasteiger partial charge in [0.05, 0.1) is 17.5 Å². The number of ether oxygens (including phenoxy) is 4. The minimum atomic E-state index is -1.50. The molecule has 0 radical (unpaired) electrons. The lowest BCUT2D eigenvalue weighted by molar-refractivity contribution is -0.183. The van der Waals surface area contributed by atoms with Gasteiger partial charge in [-0.2, -0.15) is 5.10 Å². The summed E-state index contributed by atoms with van der Waals surface area (Å²) in [5, 5.41) is 13.9. The van der Waals surface area contributed by atoms with Gasteiger partial charge in [-0.3, -0.25) is 28.8 Å². The second kappa shape index (κ2) is 15.6. The molecular weight excluding hydrogens is 638 g/mol. The van der Waals surface area contributed by atoms with E-state index < -0.39 is 54.7 Å². The van der Waals surface area contributed by atoms with Crippen LogP contribution in [0.1, 0.15) is 27.7 Å². The van der Waals surface area contributed by atoms with E-state index in [2.05, 4.69) is 25.7 Å². The summed E-state index contributed by atoms with van der Waals surface area (Å²) in [5.41, 5.74) is 2.73. The molecule has 0 saturated heterocycles. The van der Waals surface area contributed by atoms with Crippen LogP contribution in [0.15, 0.2) is 62.1 Å². The Morgan fingerprint density at radius 3 is 2.36 bits per heavy atom. The van der Waals surface area contributed by atoms with Crippen molar-refractivity contribution in [1.82, 2.24) is 20.6 Å². The van der Waals surface area contributed by atoms with E-state index in [1.54, 1.807) is 6.07 Å². The molecule has 246 valence electrons. The van der Waals surface area contributed by atoms with Crippen molar-refractivity contribution in [3.63, 3.8) is 0 Å². The molecule has 0 aliphatic heterocycles. The molecule has 47 heavy (non-hydrogen) atoms. The quantitative estimate of drug-likeness (QED) is 0.0522. The summed E-state index contributed by atoms with van der Waals surface area (Å²) in [5.74, 6) is -4.11. The molecular formula is C30H29N5O11S. The minimum absolute atomic E-state index is 0.000422. The van der Waals surface area contributed by atoms with Crippen LogP contribution < -0.4 is 10.9 Å². The number of hydrogen-bond donors (Lipinski definition) is 2. The highest BCUT2D eigenvalue weighted by Crippen LogP contribution is 2.25. The normalized spacial score (nSPS) is 13.1. The predicted octanol–water partition coefficient (Wildman–Crippen LogP) is 2.28. The molecule has 4 rings (SSSR count). The number of pyridine rings is 1. The van der Waals surface area contributed by atoms with Crippen LogP contribution in [0, 0.1) is 0 Å². The summed E-state index contributed by atoms with van der Waals surface area (Å²) in [7, 11) is 0. The smallest absolute Gasteiger partial charge is 0.303 e. The fourth-order valence-corrected chi connectivity index (χ4v) is 4.93. The van der Waals surface area contributed by atoms with Gasteiger partial charge < -0.3 is 28.3 Å². The van der Waals surface area contributed by atoms with E-state index in [-0.39, 0.29) is 27.9 Å². The van der Waals surface area contributed by atoms with Crippen LogP contribution in [0.3, 0.4) is 0 Å². The van der Waals surface area contributed by atoms with Crippen LogP contribution in [0.25, 0.3) is 33.1 Å². The second-order valence-electron chi connectivity index (χ2n) is 9.81. The third kappa shape index (κ3) is 9.23. The molecule has 0 unspecified atom stereocenters. The van der Waals surface area contributed by atoms with Crippen molar-refractivity contribution in [1.29, 1.82) is 0 Å². The number of nitrogens with zero attached hydrogens (tertiary/aromatic N) is 3. The number of rotatable bonds is 13. The highest BCUT2D eigenvalue weighted by atomic mass is 32.2. The molecule has 3 atom stereocenters. The summed E-state index contributed by atoms with van der Waals surface area (Å²) in [6.07, 6.45) is -1.92. The van der Waals surface area contributed by atoms with Gasteiger partial charge in [0.2, 0.25) is 5.43 Å². The number of amides is 1. The number of carbonyl (C=O) groups is 5. The summed E-state index contributed by atoms with van der Waals surface area (Å²) < 4.78 is 26.1.